The van der Waals surface area contributed by atoms with Crippen molar-refractivity contribution in [3.05, 3.63) is 52.5 Å². The molecule has 0 radical (unpaired) electrons. The molecular weight excluding hydrogens is 460 g/mol. The Hall–Kier alpha value is -1.97. The maximum atomic E-state index is 12.2. The van der Waals surface area contributed by atoms with Crippen LogP contribution in [0.2, 0.25) is 0 Å². The average molecular weight is 477 g/mol. The largest absolute Gasteiger partial charge is 0.507 e. The third-order valence-electron chi connectivity index (χ3n) is 4.26. The third kappa shape index (κ3) is 4.21. The van der Waals surface area contributed by atoms with E-state index in [2.05, 4.69) is 37.1 Å². The summed E-state index contributed by atoms with van der Waals surface area (Å²) >= 11 is 6.66. The van der Waals surface area contributed by atoms with Crippen molar-refractivity contribution < 1.29 is 9.90 Å². The predicted molar refractivity (Wildman–Crippen MR) is 118 cm³/mol. The number of hydrogen-bond acceptors (Lipinski definition) is 6. The summed E-state index contributed by atoms with van der Waals surface area (Å²) in [7, 11) is 0. The van der Waals surface area contributed by atoms with E-state index in [-0.39, 0.29) is 17.4 Å². The van der Waals surface area contributed by atoms with Gasteiger partial charge >= 0.3 is 0 Å². The van der Waals surface area contributed by atoms with Crippen LogP contribution >= 0.6 is 39.5 Å². The zero-order valence-electron chi connectivity index (χ0n) is 14.7. The van der Waals surface area contributed by atoms with Gasteiger partial charge in [-0.15, -0.1) is 0 Å². The molecule has 1 fully saturated rings. The number of phenols is 1. The van der Waals surface area contributed by atoms with Crippen LogP contribution in [0, 0.1) is 0 Å². The lowest BCUT2D eigenvalue weighted by Crippen LogP contribution is -2.24. The number of fused-ring (bicyclic) bond motifs is 1. The molecule has 2 N–H and O–H groups in total. The number of rotatable bonds is 6. The fourth-order valence-corrected chi connectivity index (χ4v) is 4.81. The molecule has 0 saturated carbocycles. The van der Waals surface area contributed by atoms with Gasteiger partial charge in [-0.3, -0.25) is 4.79 Å². The quantitative estimate of drug-likeness (QED) is 0.318. The summed E-state index contributed by atoms with van der Waals surface area (Å²) in [5, 5.41) is 14.6. The number of aromatic hydroxyl groups is 1. The van der Waals surface area contributed by atoms with Gasteiger partial charge in [-0.25, -0.2) is 10.4 Å². The maximum Gasteiger partial charge on any atom is 0.250 e. The van der Waals surface area contributed by atoms with Crippen molar-refractivity contribution in [1.82, 2.24) is 15.0 Å². The number of phenolic OH excluding ortho intramolecular Hbond substituents is 1. The Morgan fingerprint density at radius 3 is 3.00 bits per heavy atom. The molecule has 2 aromatic carbocycles. The molecule has 6 nitrogen and oxygen atoms in total. The molecule has 1 aliphatic heterocycles. The molecule has 9 heteroatoms. The van der Waals surface area contributed by atoms with Crippen LogP contribution in [0.5, 0.6) is 5.75 Å². The van der Waals surface area contributed by atoms with Crippen molar-refractivity contribution in [2.75, 3.05) is 17.3 Å². The standard InChI is InChI=1S/C19H17BrN4O2S2/c20-13-5-6-17(25)12(7-13)8-21-23-18(26)11-28-19-22-15-3-1-2-4-16(15)24(19)14-9-27-10-14/h1-8,14,25H,9-11H2,(H,23,26)/b21-8+. The number of aromatic nitrogens is 2. The smallest absolute Gasteiger partial charge is 0.250 e. The Labute approximate surface area is 178 Å². The van der Waals surface area contributed by atoms with Crippen molar-refractivity contribution in [1.29, 1.82) is 0 Å². The number of imidazole rings is 1. The molecule has 1 aromatic heterocycles. The van der Waals surface area contributed by atoms with Crippen molar-refractivity contribution in [2.45, 2.75) is 11.2 Å². The molecule has 1 amide bonds. The van der Waals surface area contributed by atoms with Gasteiger partial charge in [0.05, 0.1) is 29.0 Å². The second-order valence-corrected chi connectivity index (χ2v) is 9.16. The minimum absolute atomic E-state index is 0.0997. The summed E-state index contributed by atoms with van der Waals surface area (Å²) in [6.07, 6.45) is 1.42. The van der Waals surface area contributed by atoms with Crippen molar-refractivity contribution >= 4 is 62.6 Å². The number of nitrogens with one attached hydrogen (secondary N) is 1. The van der Waals surface area contributed by atoms with Gasteiger partial charge in [0, 0.05) is 21.5 Å². The fraction of sp³-hybridized carbons (Fsp3) is 0.211. The Balaban J connectivity index is 1.41. The summed E-state index contributed by atoms with van der Waals surface area (Å²) in [5.74, 6) is 2.23. The van der Waals surface area contributed by atoms with E-state index in [1.165, 1.54) is 18.0 Å². The molecular formula is C19H17BrN4O2S2. The highest BCUT2D eigenvalue weighted by Gasteiger charge is 2.25. The molecule has 0 bridgehead atoms. The summed E-state index contributed by atoms with van der Waals surface area (Å²) in [6.45, 7) is 0. The summed E-state index contributed by atoms with van der Waals surface area (Å²) in [6, 6.07) is 13.5. The van der Waals surface area contributed by atoms with E-state index in [1.807, 2.05) is 30.0 Å². The van der Waals surface area contributed by atoms with E-state index < -0.39 is 0 Å². The SMILES string of the molecule is O=C(CSc1nc2ccccc2n1C1CSC1)N/N=C/c1cc(Br)ccc1O. The van der Waals surface area contributed by atoms with Crippen LogP contribution in [0.3, 0.4) is 0 Å². The molecule has 0 atom stereocenters. The van der Waals surface area contributed by atoms with Gasteiger partial charge < -0.3 is 9.67 Å². The fourth-order valence-electron chi connectivity index (χ4n) is 2.81. The Kier molecular flexibility index (Phi) is 5.93. The van der Waals surface area contributed by atoms with Crippen LogP contribution < -0.4 is 5.43 Å². The van der Waals surface area contributed by atoms with Crippen LogP contribution in [0.1, 0.15) is 11.6 Å². The first-order valence-electron chi connectivity index (χ1n) is 8.60. The number of halogens is 1. The lowest BCUT2D eigenvalue weighted by Gasteiger charge is -2.28. The second kappa shape index (κ2) is 8.59. The predicted octanol–water partition coefficient (Wildman–Crippen LogP) is 4.03. The molecule has 1 saturated heterocycles. The van der Waals surface area contributed by atoms with Gasteiger partial charge in [-0.2, -0.15) is 16.9 Å². The van der Waals surface area contributed by atoms with Crippen molar-refractivity contribution in [3.63, 3.8) is 0 Å². The molecule has 0 unspecified atom stereocenters. The highest BCUT2D eigenvalue weighted by atomic mass is 79.9. The first kappa shape index (κ1) is 19.4. The number of carbonyl (C=O) groups excluding carboxylic acids is 1. The lowest BCUT2D eigenvalue weighted by atomic mass is 10.2. The van der Waals surface area contributed by atoms with Gasteiger partial charge in [-0.1, -0.05) is 39.8 Å². The highest BCUT2D eigenvalue weighted by Crippen LogP contribution is 2.36. The van der Waals surface area contributed by atoms with Crippen LogP contribution in [0.4, 0.5) is 0 Å². The van der Waals surface area contributed by atoms with E-state index in [9.17, 15) is 9.90 Å². The molecule has 28 heavy (non-hydrogen) atoms. The summed E-state index contributed by atoms with van der Waals surface area (Å²) < 4.78 is 3.06. The van der Waals surface area contributed by atoms with Crippen LogP contribution in [0.25, 0.3) is 11.0 Å². The third-order valence-corrected chi connectivity index (χ3v) is 6.95. The summed E-state index contributed by atoms with van der Waals surface area (Å²) in [5.41, 5.74) is 5.08. The molecule has 4 rings (SSSR count). The number of nitrogens with zero attached hydrogens (tertiary/aromatic N) is 3. The first-order valence-corrected chi connectivity index (χ1v) is 11.5. The van der Waals surface area contributed by atoms with Crippen LogP contribution in [-0.4, -0.2) is 44.0 Å². The Morgan fingerprint density at radius 2 is 2.21 bits per heavy atom. The van der Waals surface area contributed by atoms with E-state index >= 15 is 0 Å². The van der Waals surface area contributed by atoms with E-state index in [1.54, 1.807) is 18.2 Å². The molecule has 1 aliphatic rings. The number of benzene rings is 2. The zero-order chi connectivity index (χ0) is 19.5. The van der Waals surface area contributed by atoms with Gasteiger partial charge in [0.15, 0.2) is 5.16 Å². The highest BCUT2D eigenvalue weighted by molar-refractivity contribution is 9.10. The van der Waals surface area contributed by atoms with Gasteiger partial charge in [-0.05, 0) is 30.3 Å². The van der Waals surface area contributed by atoms with Crippen LogP contribution in [-0.2, 0) is 4.79 Å². The topological polar surface area (TPSA) is 79.5 Å². The van der Waals surface area contributed by atoms with Gasteiger partial charge in [0.1, 0.15) is 5.75 Å². The molecule has 2 heterocycles. The second-order valence-electron chi connectivity index (χ2n) is 6.23. The molecule has 0 aliphatic carbocycles. The first-order chi connectivity index (χ1) is 13.6. The number of para-hydroxylation sites is 2. The van der Waals surface area contributed by atoms with E-state index in [0.29, 0.717) is 11.6 Å². The van der Waals surface area contributed by atoms with E-state index in [0.717, 1.165) is 32.2 Å². The number of carbonyl (C=O) groups is 1. The average Bonchev–Trinajstić information content (AvgIpc) is 3.00. The number of hydrazone groups is 1. The summed E-state index contributed by atoms with van der Waals surface area (Å²) in [4.78, 5) is 16.9. The molecule has 144 valence electrons. The monoisotopic (exact) mass is 476 g/mol. The minimum Gasteiger partial charge on any atom is -0.507 e. The van der Waals surface area contributed by atoms with Crippen molar-refractivity contribution in [3.8, 4) is 5.75 Å². The maximum absolute atomic E-state index is 12.2. The van der Waals surface area contributed by atoms with Gasteiger partial charge in [0.25, 0.3) is 5.91 Å². The Morgan fingerprint density at radius 1 is 1.39 bits per heavy atom. The van der Waals surface area contributed by atoms with E-state index in [4.69, 9.17) is 4.98 Å². The number of hydrogen-bond donors (Lipinski definition) is 2. The van der Waals surface area contributed by atoms with Crippen molar-refractivity contribution in [2.24, 2.45) is 5.10 Å². The molecule has 0 spiro atoms. The zero-order valence-corrected chi connectivity index (χ0v) is 17.9. The van der Waals surface area contributed by atoms with Gasteiger partial charge in [0.2, 0.25) is 0 Å². The van der Waals surface area contributed by atoms with Crippen LogP contribution in [0.15, 0.2) is 57.2 Å². The molecule has 3 aromatic rings. The number of thioether (sulfide) groups is 2. The normalized spacial score (nSPS) is 14.5. The minimum atomic E-state index is -0.225. The number of amides is 1. The Bertz CT molecular complexity index is 1050. The lowest BCUT2D eigenvalue weighted by molar-refractivity contribution is -0.118.